The maximum atomic E-state index is 12.3. The van der Waals surface area contributed by atoms with Crippen LogP contribution in [0.3, 0.4) is 0 Å². The van der Waals surface area contributed by atoms with Crippen LogP contribution in [-0.2, 0) is 14.6 Å². The zero-order valence-electron chi connectivity index (χ0n) is 20.4. The largest absolute Gasteiger partial charge is 0.489 e. The van der Waals surface area contributed by atoms with Crippen molar-refractivity contribution in [3.05, 3.63) is 29.3 Å². The van der Waals surface area contributed by atoms with E-state index >= 15 is 0 Å². The van der Waals surface area contributed by atoms with Gasteiger partial charge in [-0.1, -0.05) is 6.07 Å². The first-order chi connectivity index (χ1) is 16.4. The molecule has 0 bridgehead atoms. The highest BCUT2D eigenvalue weighted by atomic mass is 32.2. The first-order valence-electron chi connectivity index (χ1n) is 11.7. The van der Waals surface area contributed by atoms with Crippen molar-refractivity contribution >= 4 is 34.3 Å². The number of carbonyl (C=O) groups is 2. The Labute approximate surface area is 206 Å². The van der Waals surface area contributed by atoms with E-state index in [4.69, 9.17) is 20.6 Å². The van der Waals surface area contributed by atoms with Crippen LogP contribution in [0.15, 0.2) is 23.2 Å². The van der Waals surface area contributed by atoms with Gasteiger partial charge in [0.1, 0.15) is 17.5 Å². The molecule has 2 amide bonds. The van der Waals surface area contributed by atoms with Gasteiger partial charge in [0, 0.05) is 38.4 Å². The van der Waals surface area contributed by atoms with Crippen molar-refractivity contribution in [3.8, 4) is 5.75 Å². The van der Waals surface area contributed by atoms with Crippen LogP contribution in [-0.4, -0.2) is 80.1 Å². The van der Waals surface area contributed by atoms with E-state index in [-0.39, 0.29) is 35.3 Å². The molecule has 3 rings (SSSR count). The number of ether oxygens (including phenoxy) is 2. The number of nitrogens with two attached hydrogens (primary N) is 1. The molecule has 1 aromatic carbocycles. The average molecular weight is 507 g/mol. The number of likely N-dealkylation sites (tertiary alicyclic amines) is 1. The van der Waals surface area contributed by atoms with Crippen LogP contribution in [0.1, 0.15) is 61.9 Å². The maximum absolute atomic E-state index is 12.3. The quantitative estimate of drug-likeness (QED) is 0.542. The summed E-state index contributed by atoms with van der Waals surface area (Å²) in [5, 5.41) is 7.77. The highest BCUT2D eigenvalue weighted by Crippen LogP contribution is 2.27. The Morgan fingerprint density at radius 1 is 1.23 bits per heavy atom. The fourth-order valence-electron chi connectivity index (χ4n) is 4.05. The third-order valence-electron chi connectivity index (χ3n) is 5.89. The number of rotatable bonds is 7. The molecule has 10 nitrogen and oxygen atoms in total. The second kappa shape index (κ2) is 10.8. The van der Waals surface area contributed by atoms with Crippen molar-refractivity contribution in [3.63, 3.8) is 0 Å². The zero-order valence-corrected chi connectivity index (χ0v) is 21.2. The van der Waals surface area contributed by atoms with Gasteiger partial charge in [-0.15, -0.1) is 0 Å². The molecule has 2 heterocycles. The van der Waals surface area contributed by atoms with E-state index in [9.17, 15) is 18.0 Å². The van der Waals surface area contributed by atoms with Gasteiger partial charge >= 0.3 is 6.09 Å². The molecule has 0 radical (unpaired) electrons. The van der Waals surface area contributed by atoms with Gasteiger partial charge in [-0.05, 0) is 44.9 Å². The summed E-state index contributed by atoms with van der Waals surface area (Å²) < 4.78 is 34.8. The Morgan fingerprint density at radius 2 is 1.91 bits per heavy atom. The predicted molar refractivity (Wildman–Crippen MR) is 133 cm³/mol. The number of primary amides is 1. The van der Waals surface area contributed by atoms with E-state index in [1.807, 2.05) is 20.8 Å². The van der Waals surface area contributed by atoms with E-state index in [1.165, 1.54) is 6.21 Å². The molecule has 3 N–H and O–H groups in total. The standard InChI is InChI=1S/C24H34N4O6S/c1-24(2,3)34-23(30)28-9-6-19(7-10-28)33-21-5-4-16(12-20(21)22(26)29)17(13-25)14-27-18-8-11-35(31,32)15-18/h4-5,12-14,17-19,25H,6-11,15H2,1-3H3,(H2,26,29). The first-order valence-corrected chi connectivity index (χ1v) is 13.5. The lowest BCUT2D eigenvalue weighted by molar-refractivity contribution is 0.0126. The Balaban J connectivity index is 1.66. The van der Waals surface area contributed by atoms with E-state index < -0.39 is 27.3 Å². The zero-order chi connectivity index (χ0) is 25.8. The number of amides is 2. The van der Waals surface area contributed by atoms with Crippen molar-refractivity contribution in [1.82, 2.24) is 4.90 Å². The summed E-state index contributed by atoms with van der Waals surface area (Å²) in [6.45, 7) is 6.43. The molecule has 2 aliphatic heterocycles. The van der Waals surface area contributed by atoms with Crippen LogP contribution in [0.4, 0.5) is 4.79 Å². The molecule has 192 valence electrons. The van der Waals surface area contributed by atoms with Crippen molar-refractivity contribution in [2.75, 3.05) is 24.6 Å². The molecule has 1 aromatic rings. The monoisotopic (exact) mass is 506 g/mol. The van der Waals surface area contributed by atoms with Crippen LogP contribution >= 0.6 is 0 Å². The van der Waals surface area contributed by atoms with Gasteiger partial charge < -0.3 is 25.5 Å². The SMILES string of the molecule is CC(C)(C)OC(=O)N1CCC(Oc2ccc(C(C=N)C=NC3CCS(=O)(=O)C3)cc2C(N)=O)CC1. The third kappa shape index (κ3) is 7.51. The van der Waals surface area contributed by atoms with E-state index in [0.29, 0.717) is 43.7 Å². The van der Waals surface area contributed by atoms with Crippen LogP contribution in [0, 0.1) is 5.41 Å². The van der Waals surface area contributed by atoms with Gasteiger partial charge in [-0.2, -0.15) is 0 Å². The Morgan fingerprint density at radius 3 is 2.46 bits per heavy atom. The minimum Gasteiger partial charge on any atom is -0.489 e. The highest BCUT2D eigenvalue weighted by molar-refractivity contribution is 7.91. The number of carbonyl (C=O) groups excluding carboxylic acids is 2. The molecule has 0 saturated carbocycles. The van der Waals surface area contributed by atoms with E-state index in [1.54, 1.807) is 29.3 Å². The summed E-state index contributed by atoms with van der Waals surface area (Å²) in [6.07, 6.45) is 3.81. The number of hydrogen-bond donors (Lipinski definition) is 2. The molecule has 2 aliphatic rings. The summed E-state index contributed by atoms with van der Waals surface area (Å²) in [5.41, 5.74) is 5.87. The lowest BCUT2D eigenvalue weighted by atomic mass is 9.98. The molecule has 0 spiro atoms. The molecule has 11 heteroatoms. The number of sulfone groups is 1. The summed E-state index contributed by atoms with van der Waals surface area (Å²) in [7, 11) is -3.05. The van der Waals surface area contributed by atoms with Crippen LogP contribution in [0.5, 0.6) is 5.75 Å². The molecule has 35 heavy (non-hydrogen) atoms. The molecule has 2 fully saturated rings. The average Bonchev–Trinajstić information content (AvgIpc) is 3.12. The number of benzene rings is 1. The van der Waals surface area contributed by atoms with Crippen molar-refractivity contribution in [2.24, 2.45) is 10.7 Å². The molecule has 2 atom stereocenters. The number of nitrogens with one attached hydrogen (secondary N) is 1. The van der Waals surface area contributed by atoms with Gasteiger partial charge in [-0.25, -0.2) is 13.2 Å². The number of nitrogens with zero attached hydrogens (tertiary/aromatic N) is 2. The minimum absolute atomic E-state index is 0.0142. The molecular weight excluding hydrogens is 472 g/mol. The van der Waals surface area contributed by atoms with Crippen molar-refractivity contribution in [2.45, 2.75) is 63.7 Å². The van der Waals surface area contributed by atoms with Crippen LogP contribution in [0.25, 0.3) is 0 Å². The minimum atomic E-state index is -3.05. The Bertz CT molecular complexity index is 1090. The second-order valence-electron chi connectivity index (χ2n) is 9.95. The Hall–Kier alpha value is -2.95. The van der Waals surface area contributed by atoms with Crippen molar-refractivity contribution in [1.29, 1.82) is 5.41 Å². The highest BCUT2D eigenvalue weighted by Gasteiger charge is 2.29. The molecule has 2 saturated heterocycles. The summed E-state index contributed by atoms with van der Waals surface area (Å²) in [6, 6.07) is 4.66. The second-order valence-corrected chi connectivity index (χ2v) is 12.2. The first kappa shape index (κ1) is 26.7. The number of aliphatic imine (C=N–C) groups is 1. The summed E-state index contributed by atoms with van der Waals surface area (Å²) in [4.78, 5) is 30.4. The maximum Gasteiger partial charge on any atom is 0.410 e. The van der Waals surface area contributed by atoms with Gasteiger partial charge in [0.05, 0.1) is 29.0 Å². The fraction of sp³-hybridized carbons (Fsp3) is 0.583. The predicted octanol–water partition coefficient (Wildman–Crippen LogP) is 2.55. The summed E-state index contributed by atoms with van der Waals surface area (Å²) >= 11 is 0. The topological polar surface area (TPSA) is 152 Å². The van der Waals surface area contributed by atoms with Gasteiger partial charge in [0.2, 0.25) is 0 Å². The van der Waals surface area contributed by atoms with Gasteiger partial charge in [0.25, 0.3) is 5.91 Å². The number of hydrogen-bond acceptors (Lipinski definition) is 8. The molecule has 0 aliphatic carbocycles. The lowest BCUT2D eigenvalue weighted by Crippen LogP contribution is -2.44. The van der Waals surface area contributed by atoms with Crippen LogP contribution < -0.4 is 10.5 Å². The molecular formula is C24H34N4O6S. The Kier molecular flexibility index (Phi) is 8.19. The number of piperidine rings is 1. The van der Waals surface area contributed by atoms with Gasteiger partial charge in [0.15, 0.2) is 9.84 Å². The lowest BCUT2D eigenvalue weighted by Gasteiger charge is -2.33. The smallest absolute Gasteiger partial charge is 0.410 e. The van der Waals surface area contributed by atoms with Crippen molar-refractivity contribution < 1.29 is 27.5 Å². The van der Waals surface area contributed by atoms with E-state index in [2.05, 4.69) is 4.99 Å². The molecule has 0 aromatic heterocycles. The summed E-state index contributed by atoms with van der Waals surface area (Å²) in [5.74, 6) is -0.698. The fourth-order valence-corrected chi connectivity index (χ4v) is 5.68. The molecule has 2 unspecified atom stereocenters. The normalized spacial score (nSPS) is 21.6. The van der Waals surface area contributed by atoms with E-state index in [0.717, 1.165) is 0 Å². The van der Waals surface area contributed by atoms with Crippen LogP contribution in [0.2, 0.25) is 0 Å². The van der Waals surface area contributed by atoms with Gasteiger partial charge in [-0.3, -0.25) is 9.79 Å². The third-order valence-corrected chi connectivity index (χ3v) is 7.64.